The third-order valence-corrected chi connectivity index (χ3v) is 6.92. The Kier molecular flexibility index (Phi) is 5.22. The summed E-state index contributed by atoms with van der Waals surface area (Å²) >= 11 is 1.69. The number of hydrogen-bond donors (Lipinski definition) is 2. The second-order valence-electron chi connectivity index (χ2n) is 8.47. The van der Waals surface area contributed by atoms with Crippen molar-refractivity contribution in [1.29, 1.82) is 0 Å². The molecule has 30 heavy (non-hydrogen) atoms. The minimum Gasteiger partial charge on any atom is -0.396 e. The zero-order chi connectivity index (χ0) is 20.7. The standard InChI is InChI=1S/C21H27N5O3S/c1-21(2)10-13-14(11-29-21)19(26-5-8-28-9-6-26)25-20-15(13)16-17(30-20)18(24-12-23-16)22-4-3-7-27/h12,27H,3-11H2,1-2H3,(H,22,23,24)/p+1. The summed E-state index contributed by atoms with van der Waals surface area (Å²) in [6.45, 7) is 8.95. The quantitative estimate of drug-likeness (QED) is 0.599. The number of morpholine rings is 1. The molecule has 2 aliphatic rings. The number of H-pyrrole nitrogens is 1. The van der Waals surface area contributed by atoms with E-state index in [1.54, 1.807) is 17.7 Å². The molecule has 3 N–H and O–H groups in total. The van der Waals surface area contributed by atoms with Crippen LogP contribution in [0.5, 0.6) is 0 Å². The van der Waals surface area contributed by atoms with Gasteiger partial charge in [0, 0.05) is 19.6 Å². The molecule has 0 radical (unpaired) electrons. The SMILES string of the molecule is CC1(C)Cc2c(c(N3CCOCC3)[nH+]c3sc4c(NCCCO)ncnc4c23)CO1. The molecule has 1 saturated heterocycles. The lowest BCUT2D eigenvalue weighted by molar-refractivity contribution is -0.329. The number of ether oxygens (including phenoxy) is 2. The zero-order valence-corrected chi connectivity index (χ0v) is 18.3. The smallest absolute Gasteiger partial charge is 0.281 e. The first-order chi connectivity index (χ1) is 14.6. The Labute approximate surface area is 179 Å². The van der Waals surface area contributed by atoms with Gasteiger partial charge in [-0.1, -0.05) is 11.3 Å². The summed E-state index contributed by atoms with van der Waals surface area (Å²) < 4.78 is 12.8. The van der Waals surface area contributed by atoms with Gasteiger partial charge in [-0.2, -0.15) is 0 Å². The highest BCUT2D eigenvalue weighted by atomic mass is 32.1. The number of rotatable bonds is 5. The van der Waals surface area contributed by atoms with Gasteiger partial charge in [-0.3, -0.25) is 4.90 Å². The number of thiophene rings is 1. The van der Waals surface area contributed by atoms with Crippen LogP contribution in [0.2, 0.25) is 0 Å². The summed E-state index contributed by atoms with van der Waals surface area (Å²) in [6.07, 6.45) is 3.15. The topological polar surface area (TPSA) is 93.9 Å². The Morgan fingerprint density at radius 2 is 2.10 bits per heavy atom. The first kappa shape index (κ1) is 19.9. The van der Waals surface area contributed by atoms with Gasteiger partial charge in [-0.15, -0.1) is 0 Å². The van der Waals surface area contributed by atoms with Crippen molar-refractivity contribution in [3.05, 3.63) is 17.5 Å². The molecule has 0 amide bonds. The summed E-state index contributed by atoms with van der Waals surface area (Å²) in [6, 6.07) is 0. The monoisotopic (exact) mass is 430 g/mol. The maximum atomic E-state index is 9.11. The molecule has 5 rings (SSSR count). The number of aliphatic hydroxyl groups is 1. The predicted octanol–water partition coefficient (Wildman–Crippen LogP) is 2.14. The first-order valence-corrected chi connectivity index (χ1v) is 11.3. The summed E-state index contributed by atoms with van der Waals surface area (Å²) in [5.74, 6) is 1.97. The second-order valence-corrected chi connectivity index (χ2v) is 9.49. The summed E-state index contributed by atoms with van der Waals surface area (Å²) in [5.41, 5.74) is 3.33. The molecule has 0 spiro atoms. The number of aliphatic hydroxyl groups excluding tert-OH is 1. The Morgan fingerprint density at radius 1 is 1.27 bits per heavy atom. The summed E-state index contributed by atoms with van der Waals surface area (Å²) in [5, 5.41) is 13.7. The van der Waals surface area contributed by atoms with Gasteiger partial charge in [0.25, 0.3) is 5.82 Å². The first-order valence-electron chi connectivity index (χ1n) is 10.5. The molecule has 0 aromatic carbocycles. The van der Waals surface area contributed by atoms with Crippen LogP contribution in [-0.4, -0.2) is 60.1 Å². The lowest BCUT2D eigenvalue weighted by Crippen LogP contribution is -2.42. The van der Waals surface area contributed by atoms with Crippen molar-refractivity contribution >= 4 is 43.4 Å². The predicted molar refractivity (Wildman–Crippen MR) is 117 cm³/mol. The molecular weight excluding hydrogens is 402 g/mol. The van der Waals surface area contributed by atoms with E-state index >= 15 is 0 Å². The van der Waals surface area contributed by atoms with Gasteiger partial charge >= 0.3 is 0 Å². The van der Waals surface area contributed by atoms with Crippen LogP contribution >= 0.6 is 11.3 Å². The highest BCUT2D eigenvalue weighted by Crippen LogP contribution is 2.42. The van der Waals surface area contributed by atoms with Crippen LogP contribution in [0.25, 0.3) is 20.4 Å². The fourth-order valence-corrected chi connectivity index (χ4v) is 5.46. The fraction of sp³-hybridized carbons (Fsp3) is 0.571. The minimum absolute atomic E-state index is 0.160. The fourth-order valence-electron chi connectivity index (χ4n) is 4.32. The van der Waals surface area contributed by atoms with E-state index in [4.69, 9.17) is 14.6 Å². The van der Waals surface area contributed by atoms with Crippen LogP contribution in [0, 0.1) is 0 Å². The molecule has 9 heteroatoms. The molecule has 8 nitrogen and oxygen atoms in total. The van der Waals surface area contributed by atoms with Crippen molar-refractivity contribution in [1.82, 2.24) is 9.97 Å². The number of nitrogens with zero attached hydrogens (tertiary/aromatic N) is 3. The lowest BCUT2D eigenvalue weighted by atomic mass is 9.90. The van der Waals surface area contributed by atoms with Crippen LogP contribution in [0.3, 0.4) is 0 Å². The number of pyridine rings is 1. The van der Waals surface area contributed by atoms with Crippen LogP contribution in [0.15, 0.2) is 6.33 Å². The number of hydrogen-bond acceptors (Lipinski definition) is 8. The van der Waals surface area contributed by atoms with E-state index in [1.165, 1.54) is 16.5 Å². The number of aromatic amines is 1. The van der Waals surface area contributed by atoms with Crippen molar-refractivity contribution in [2.45, 2.75) is 38.9 Å². The van der Waals surface area contributed by atoms with Crippen molar-refractivity contribution in [2.24, 2.45) is 0 Å². The molecular formula is C21H28N5O3S+. The van der Waals surface area contributed by atoms with Crippen molar-refractivity contribution in [3.8, 4) is 0 Å². The second kappa shape index (κ2) is 7.88. The zero-order valence-electron chi connectivity index (χ0n) is 17.5. The summed E-state index contributed by atoms with van der Waals surface area (Å²) in [7, 11) is 0. The highest BCUT2D eigenvalue weighted by Gasteiger charge is 2.36. The van der Waals surface area contributed by atoms with Gasteiger partial charge in [-0.25, -0.2) is 15.0 Å². The molecule has 160 valence electrons. The lowest BCUT2D eigenvalue weighted by Gasteiger charge is -2.33. The Hall–Kier alpha value is -2.07. The molecule has 3 aromatic rings. The highest BCUT2D eigenvalue weighted by molar-refractivity contribution is 7.25. The third kappa shape index (κ3) is 3.49. The van der Waals surface area contributed by atoms with Crippen molar-refractivity contribution in [3.63, 3.8) is 0 Å². The van der Waals surface area contributed by atoms with Crippen LogP contribution in [0.4, 0.5) is 11.6 Å². The van der Waals surface area contributed by atoms with E-state index in [1.807, 2.05) is 0 Å². The molecule has 3 aromatic heterocycles. The Balaban J connectivity index is 1.70. The maximum absolute atomic E-state index is 9.11. The number of aromatic nitrogens is 3. The van der Waals surface area contributed by atoms with Crippen LogP contribution < -0.4 is 15.2 Å². The number of anilines is 2. The van der Waals surface area contributed by atoms with Crippen LogP contribution in [-0.2, 0) is 22.5 Å². The van der Waals surface area contributed by atoms with E-state index in [0.29, 0.717) is 19.6 Å². The molecule has 0 aliphatic carbocycles. The van der Waals surface area contributed by atoms with E-state index < -0.39 is 0 Å². The van der Waals surface area contributed by atoms with Gasteiger partial charge in [0.05, 0.1) is 41.9 Å². The molecule has 0 saturated carbocycles. The molecule has 2 aliphatic heterocycles. The maximum Gasteiger partial charge on any atom is 0.281 e. The Morgan fingerprint density at radius 3 is 2.90 bits per heavy atom. The van der Waals surface area contributed by atoms with E-state index in [0.717, 1.165) is 59.4 Å². The van der Waals surface area contributed by atoms with Gasteiger partial charge in [0.1, 0.15) is 29.9 Å². The average molecular weight is 431 g/mol. The molecule has 0 atom stereocenters. The normalized spacial score (nSPS) is 18.7. The minimum atomic E-state index is -0.215. The average Bonchev–Trinajstić information content (AvgIpc) is 3.13. The van der Waals surface area contributed by atoms with E-state index in [-0.39, 0.29) is 12.2 Å². The molecule has 0 unspecified atom stereocenters. The van der Waals surface area contributed by atoms with Gasteiger partial charge < -0.3 is 19.9 Å². The van der Waals surface area contributed by atoms with Gasteiger partial charge in [0.2, 0.25) is 0 Å². The van der Waals surface area contributed by atoms with Gasteiger partial charge in [-0.05, 0) is 25.8 Å². The number of fused-ring (bicyclic) bond motifs is 5. The van der Waals surface area contributed by atoms with Gasteiger partial charge in [0.15, 0.2) is 4.83 Å². The van der Waals surface area contributed by atoms with Crippen LogP contribution in [0.1, 0.15) is 31.4 Å². The van der Waals surface area contributed by atoms with Crippen molar-refractivity contribution < 1.29 is 19.6 Å². The Bertz CT molecular complexity index is 1080. The molecule has 0 bridgehead atoms. The molecule has 1 fully saturated rings. The van der Waals surface area contributed by atoms with E-state index in [2.05, 4.69) is 39.0 Å². The van der Waals surface area contributed by atoms with E-state index in [9.17, 15) is 0 Å². The summed E-state index contributed by atoms with van der Waals surface area (Å²) in [4.78, 5) is 16.3. The third-order valence-electron chi connectivity index (χ3n) is 5.82. The molecule has 5 heterocycles. The largest absolute Gasteiger partial charge is 0.396 e. The number of nitrogens with one attached hydrogen (secondary N) is 2. The van der Waals surface area contributed by atoms with Crippen molar-refractivity contribution in [2.75, 3.05) is 49.7 Å².